The van der Waals surface area contributed by atoms with Crippen LogP contribution in [0.3, 0.4) is 0 Å². The van der Waals surface area contributed by atoms with Gasteiger partial charge in [-0.2, -0.15) is 0 Å². The van der Waals surface area contributed by atoms with Crippen molar-refractivity contribution in [1.29, 1.82) is 0 Å². The van der Waals surface area contributed by atoms with Crippen LogP contribution in [0.1, 0.15) is 36.8 Å². The molecule has 0 bridgehead atoms. The van der Waals surface area contributed by atoms with Crippen LogP contribution in [0.4, 0.5) is 5.69 Å². The molecule has 1 aromatic rings. The molecule has 2 atom stereocenters. The highest BCUT2D eigenvalue weighted by Gasteiger charge is 2.24. The smallest absolute Gasteiger partial charge is 0.313 e. The van der Waals surface area contributed by atoms with Gasteiger partial charge in [-0.25, -0.2) is 0 Å². The summed E-state index contributed by atoms with van der Waals surface area (Å²) in [6.07, 6.45) is 3.37. The number of hydrogen-bond acceptors (Lipinski definition) is 3. The molecule has 0 aromatic heterocycles. The van der Waals surface area contributed by atoms with Crippen LogP contribution in [0, 0.1) is 19.8 Å². The summed E-state index contributed by atoms with van der Waals surface area (Å²) < 4.78 is 0. The van der Waals surface area contributed by atoms with Crippen molar-refractivity contribution in [3.8, 4) is 0 Å². The number of aliphatic hydroxyl groups excluding tert-OH is 1. The van der Waals surface area contributed by atoms with Gasteiger partial charge in [-0.1, -0.05) is 25.0 Å². The minimum absolute atomic E-state index is 0.0474. The van der Waals surface area contributed by atoms with Gasteiger partial charge < -0.3 is 15.7 Å². The maximum Gasteiger partial charge on any atom is 0.313 e. The Morgan fingerprint density at radius 3 is 2.64 bits per heavy atom. The summed E-state index contributed by atoms with van der Waals surface area (Å²) >= 11 is 0. The van der Waals surface area contributed by atoms with E-state index in [1.807, 2.05) is 32.0 Å². The first-order valence-electron chi connectivity index (χ1n) is 7.82. The van der Waals surface area contributed by atoms with E-state index in [1.165, 1.54) is 0 Å². The Hall–Kier alpha value is -1.88. The summed E-state index contributed by atoms with van der Waals surface area (Å²) in [6, 6.07) is 5.70. The summed E-state index contributed by atoms with van der Waals surface area (Å²) in [4.78, 5) is 23.8. The number of hydrogen-bond donors (Lipinski definition) is 3. The zero-order chi connectivity index (χ0) is 16.1. The van der Waals surface area contributed by atoms with Gasteiger partial charge in [0, 0.05) is 18.2 Å². The van der Waals surface area contributed by atoms with Crippen LogP contribution < -0.4 is 10.6 Å². The van der Waals surface area contributed by atoms with Crippen LogP contribution >= 0.6 is 0 Å². The van der Waals surface area contributed by atoms with Crippen LogP contribution in [0.15, 0.2) is 18.2 Å². The van der Waals surface area contributed by atoms with Crippen LogP contribution in [0.5, 0.6) is 0 Å². The second kappa shape index (κ2) is 7.40. The third-order valence-electron chi connectivity index (χ3n) is 4.24. The number of rotatable bonds is 3. The van der Waals surface area contributed by atoms with E-state index >= 15 is 0 Å². The lowest BCUT2D eigenvalue weighted by Crippen LogP contribution is -2.41. The molecule has 1 saturated carbocycles. The molecule has 0 spiro atoms. The van der Waals surface area contributed by atoms with Crippen molar-refractivity contribution in [3.63, 3.8) is 0 Å². The molecule has 5 nitrogen and oxygen atoms in total. The monoisotopic (exact) mass is 304 g/mol. The average Bonchev–Trinajstić information content (AvgIpc) is 2.49. The van der Waals surface area contributed by atoms with Crippen LogP contribution in [0.25, 0.3) is 0 Å². The maximum atomic E-state index is 11.9. The molecule has 1 aliphatic carbocycles. The number of carbonyl (C=O) groups excluding carboxylic acids is 2. The van der Waals surface area contributed by atoms with E-state index in [-0.39, 0.29) is 12.0 Å². The summed E-state index contributed by atoms with van der Waals surface area (Å²) in [5.74, 6) is -1.27. The van der Waals surface area contributed by atoms with Gasteiger partial charge in [0.05, 0.1) is 6.10 Å². The highest BCUT2D eigenvalue weighted by atomic mass is 16.3. The van der Waals surface area contributed by atoms with E-state index < -0.39 is 11.8 Å². The predicted octanol–water partition coefficient (Wildman–Crippen LogP) is 1.91. The minimum Gasteiger partial charge on any atom is -0.393 e. The molecular weight excluding hydrogens is 280 g/mol. The zero-order valence-corrected chi connectivity index (χ0v) is 13.2. The number of benzene rings is 1. The van der Waals surface area contributed by atoms with Crippen LogP contribution in [-0.2, 0) is 9.59 Å². The van der Waals surface area contributed by atoms with E-state index in [1.54, 1.807) is 0 Å². The molecule has 1 aliphatic rings. The van der Waals surface area contributed by atoms with Crippen LogP contribution in [0.2, 0.25) is 0 Å². The molecule has 5 heteroatoms. The number of carbonyl (C=O) groups is 2. The molecule has 0 saturated heterocycles. The van der Waals surface area contributed by atoms with E-state index in [9.17, 15) is 14.7 Å². The summed E-state index contributed by atoms with van der Waals surface area (Å²) in [5, 5.41) is 15.1. The van der Waals surface area contributed by atoms with E-state index in [0.29, 0.717) is 12.2 Å². The Morgan fingerprint density at radius 2 is 1.91 bits per heavy atom. The average molecular weight is 304 g/mol. The van der Waals surface area contributed by atoms with E-state index in [0.717, 1.165) is 36.8 Å². The molecule has 3 N–H and O–H groups in total. The fourth-order valence-electron chi connectivity index (χ4n) is 2.78. The van der Waals surface area contributed by atoms with Gasteiger partial charge in [-0.3, -0.25) is 9.59 Å². The van der Waals surface area contributed by atoms with Gasteiger partial charge in [0.2, 0.25) is 0 Å². The van der Waals surface area contributed by atoms with Gasteiger partial charge in [0.1, 0.15) is 0 Å². The van der Waals surface area contributed by atoms with Crippen LogP contribution in [-0.4, -0.2) is 29.6 Å². The lowest BCUT2D eigenvalue weighted by Gasteiger charge is -2.27. The Labute approximate surface area is 131 Å². The number of anilines is 1. The topological polar surface area (TPSA) is 78.4 Å². The summed E-state index contributed by atoms with van der Waals surface area (Å²) in [7, 11) is 0. The van der Waals surface area contributed by atoms with Crippen molar-refractivity contribution in [1.82, 2.24) is 5.32 Å². The van der Waals surface area contributed by atoms with E-state index in [2.05, 4.69) is 10.6 Å². The molecule has 0 heterocycles. The number of nitrogens with one attached hydrogen (secondary N) is 2. The minimum atomic E-state index is -0.668. The molecule has 0 unspecified atom stereocenters. The van der Waals surface area contributed by atoms with Crippen molar-refractivity contribution in [2.45, 2.75) is 45.6 Å². The Morgan fingerprint density at radius 1 is 1.18 bits per heavy atom. The zero-order valence-electron chi connectivity index (χ0n) is 13.2. The van der Waals surface area contributed by atoms with Gasteiger partial charge in [0.15, 0.2) is 0 Å². The first kappa shape index (κ1) is 16.5. The Kier molecular flexibility index (Phi) is 5.55. The third-order valence-corrected chi connectivity index (χ3v) is 4.24. The molecule has 0 radical (unpaired) electrons. The van der Waals surface area contributed by atoms with Crippen molar-refractivity contribution in [2.24, 2.45) is 5.92 Å². The standard InChI is InChI=1S/C17H24N2O3/c1-11-7-8-12(2)14(9-11)19-17(22)16(21)18-10-13-5-3-4-6-15(13)20/h7-9,13,15,20H,3-6,10H2,1-2H3,(H,18,21)(H,19,22)/t13-,15+/m1/s1. The van der Waals surface area contributed by atoms with Crippen molar-refractivity contribution in [2.75, 3.05) is 11.9 Å². The fourth-order valence-corrected chi connectivity index (χ4v) is 2.78. The molecule has 2 amide bonds. The first-order valence-corrected chi connectivity index (χ1v) is 7.82. The lowest BCUT2D eigenvalue weighted by molar-refractivity contribution is -0.136. The highest BCUT2D eigenvalue weighted by molar-refractivity contribution is 6.39. The summed E-state index contributed by atoms with van der Waals surface area (Å²) in [6.45, 7) is 4.16. The molecule has 0 aliphatic heterocycles. The lowest BCUT2D eigenvalue weighted by atomic mass is 9.86. The first-order chi connectivity index (χ1) is 10.5. The summed E-state index contributed by atoms with van der Waals surface area (Å²) in [5.41, 5.74) is 2.58. The third kappa shape index (κ3) is 4.31. The fraction of sp³-hybridized carbons (Fsp3) is 0.529. The van der Waals surface area contributed by atoms with Gasteiger partial charge in [0.25, 0.3) is 0 Å². The second-order valence-electron chi connectivity index (χ2n) is 6.09. The molecule has 2 rings (SSSR count). The number of amides is 2. The van der Waals surface area contributed by atoms with Gasteiger partial charge >= 0.3 is 11.8 Å². The largest absolute Gasteiger partial charge is 0.393 e. The SMILES string of the molecule is Cc1ccc(C)c(NC(=O)C(=O)NC[C@H]2CCCC[C@@H]2O)c1. The Balaban J connectivity index is 1.86. The van der Waals surface area contributed by atoms with E-state index in [4.69, 9.17) is 0 Å². The number of aryl methyl sites for hydroxylation is 2. The molecule has 1 aromatic carbocycles. The molecule has 22 heavy (non-hydrogen) atoms. The van der Waals surface area contributed by atoms with Crippen molar-refractivity contribution >= 4 is 17.5 Å². The highest BCUT2D eigenvalue weighted by Crippen LogP contribution is 2.23. The molecule has 1 fully saturated rings. The maximum absolute atomic E-state index is 11.9. The predicted molar refractivity (Wildman–Crippen MR) is 85.5 cm³/mol. The number of aliphatic hydroxyl groups is 1. The molecular formula is C17H24N2O3. The second-order valence-corrected chi connectivity index (χ2v) is 6.09. The van der Waals surface area contributed by atoms with Gasteiger partial charge in [-0.05, 0) is 43.9 Å². The quantitative estimate of drug-likeness (QED) is 0.746. The van der Waals surface area contributed by atoms with Gasteiger partial charge in [-0.15, -0.1) is 0 Å². The van der Waals surface area contributed by atoms with Crippen molar-refractivity contribution in [3.05, 3.63) is 29.3 Å². The normalized spacial score (nSPS) is 21.2. The molecule has 120 valence electrons. The Bertz CT molecular complexity index is 557. The van der Waals surface area contributed by atoms with Crippen molar-refractivity contribution < 1.29 is 14.7 Å².